The molecule has 1 aromatic rings. The van der Waals surface area contributed by atoms with E-state index in [-0.39, 0.29) is 6.42 Å². The molecule has 1 fully saturated rings. The van der Waals surface area contributed by atoms with Crippen molar-refractivity contribution in [3.8, 4) is 0 Å². The molecule has 19 heavy (non-hydrogen) atoms. The van der Waals surface area contributed by atoms with Gasteiger partial charge >= 0.3 is 5.97 Å². The Morgan fingerprint density at radius 1 is 1.42 bits per heavy atom. The van der Waals surface area contributed by atoms with Gasteiger partial charge in [-0.2, -0.15) is 0 Å². The molecule has 2 rings (SSSR count). The highest BCUT2D eigenvalue weighted by Gasteiger charge is 2.26. The number of carbonyl (C=O) groups is 1. The predicted molar refractivity (Wildman–Crippen MR) is 76.3 cm³/mol. The monoisotopic (exact) mass is 261 g/mol. The normalized spacial score (nSPS) is 19.8. The lowest BCUT2D eigenvalue weighted by molar-refractivity contribution is -0.137. The summed E-state index contributed by atoms with van der Waals surface area (Å²) in [5.74, 6) is -0.692. The zero-order valence-electron chi connectivity index (χ0n) is 11.9. The minimum Gasteiger partial charge on any atom is -0.481 e. The van der Waals surface area contributed by atoms with Crippen molar-refractivity contribution in [2.75, 3.05) is 13.1 Å². The molecule has 1 saturated heterocycles. The molecule has 0 aliphatic carbocycles. The zero-order valence-corrected chi connectivity index (χ0v) is 11.9. The summed E-state index contributed by atoms with van der Waals surface area (Å²) in [5.41, 5.74) is 4.15. The maximum absolute atomic E-state index is 10.6. The third kappa shape index (κ3) is 3.35. The summed E-state index contributed by atoms with van der Waals surface area (Å²) in [6.45, 7) is 6.34. The lowest BCUT2D eigenvalue weighted by Gasteiger charge is -2.26. The summed E-state index contributed by atoms with van der Waals surface area (Å²) in [6.07, 6.45) is 3.43. The Morgan fingerprint density at radius 2 is 2.21 bits per heavy atom. The minimum atomic E-state index is -0.692. The number of aryl methyl sites for hydroxylation is 1. The van der Waals surface area contributed by atoms with E-state index >= 15 is 0 Å². The molecule has 0 amide bonds. The first kappa shape index (κ1) is 14.1. The van der Waals surface area contributed by atoms with Crippen molar-refractivity contribution < 1.29 is 9.90 Å². The number of carboxylic acids is 1. The van der Waals surface area contributed by atoms with Gasteiger partial charge in [0.15, 0.2) is 0 Å². The van der Waals surface area contributed by atoms with Gasteiger partial charge in [-0.05, 0) is 62.9 Å². The van der Waals surface area contributed by atoms with Crippen LogP contribution in [0.2, 0.25) is 0 Å². The molecule has 1 heterocycles. The van der Waals surface area contributed by atoms with Crippen molar-refractivity contribution in [1.29, 1.82) is 0 Å². The molecule has 1 aliphatic heterocycles. The Balaban J connectivity index is 2.05. The van der Waals surface area contributed by atoms with Crippen LogP contribution in [0.3, 0.4) is 0 Å². The Morgan fingerprint density at radius 3 is 2.95 bits per heavy atom. The molecule has 0 unspecified atom stereocenters. The van der Waals surface area contributed by atoms with E-state index < -0.39 is 5.97 Å². The Kier molecular flexibility index (Phi) is 4.59. The largest absolute Gasteiger partial charge is 0.481 e. The molecule has 104 valence electrons. The molecule has 1 N–H and O–H groups in total. The van der Waals surface area contributed by atoms with Crippen LogP contribution in [-0.2, 0) is 4.79 Å². The summed E-state index contributed by atoms with van der Waals surface area (Å²) in [6, 6.07) is 6.99. The van der Waals surface area contributed by atoms with Crippen molar-refractivity contribution in [3.63, 3.8) is 0 Å². The van der Waals surface area contributed by atoms with Gasteiger partial charge in [0.05, 0.1) is 0 Å². The fourth-order valence-electron chi connectivity index (χ4n) is 3.01. The van der Waals surface area contributed by atoms with Gasteiger partial charge in [-0.15, -0.1) is 0 Å². The third-order valence-corrected chi connectivity index (χ3v) is 4.21. The molecular weight excluding hydrogens is 238 g/mol. The van der Waals surface area contributed by atoms with Crippen LogP contribution in [0, 0.1) is 13.8 Å². The highest BCUT2D eigenvalue weighted by atomic mass is 16.4. The first-order chi connectivity index (χ1) is 9.09. The maximum Gasteiger partial charge on any atom is 0.303 e. The highest BCUT2D eigenvalue weighted by molar-refractivity contribution is 5.66. The number of hydrogen-bond acceptors (Lipinski definition) is 2. The van der Waals surface area contributed by atoms with Gasteiger partial charge in [0.25, 0.3) is 0 Å². The number of rotatable bonds is 5. The number of carboxylic acid groups (broad SMARTS) is 1. The fraction of sp³-hybridized carbons (Fsp3) is 0.562. The van der Waals surface area contributed by atoms with Crippen molar-refractivity contribution >= 4 is 5.97 Å². The van der Waals surface area contributed by atoms with Crippen molar-refractivity contribution in [1.82, 2.24) is 4.90 Å². The van der Waals surface area contributed by atoms with Crippen LogP contribution in [-0.4, -0.2) is 29.1 Å². The van der Waals surface area contributed by atoms with Gasteiger partial charge in [-0.25, -0.2) is 0 Å². The number of likely N-dealkylation sites (tertiary alicyclic amines) is 1. The molecule has 1 aliphatic rings. The first-order valence-corrected chi connectivity index (χ1v) is 7.11. The summed E-state index contributed by atoms with van der Waals surface area (Å²) >= 11 is 0. The number of hydrogen-bond donors (Lipinski definition) is 1. The van der Waals surface area contributed by atoms with E-state index in [1.54, 1.807) is 0 Å². The van der Waals surface area contributed by atoms with E-state index in [0.717, 1.165) is 19.5 Å². The Hall–Kier alpha value is -1.35. The van der Waals surface area contributed by atoms with Crippen LogP contribution in [0.1, 0.15) is 48.4 Å². The molecule has 0 bridgehead atoms. The summed E-state index contributed by atoms with van der Waals surface area (Å²) in [5, 5.41) is 8.73. The van der Waals surface area contributed by atoms with E-state index in [9.17, 15) is 4.79 Å². The lowest BCUT2D eigenvalue weighted by Crippen LogP contribution is -2.25. The molecule has 1 atom stereocenters. The van der Waals surface area contributed by atoms with Crippen LogP contribution < -0.4 is 0 Å². The van der Waals surface area contributed by atoms with Crippen molar-refractivity contribution in [3.05, 3.63) is 34.9 Å². The van der Waals surface area contributed by atoms with Gasteiger partial charge < -0.3 is 5.11 Å². The van der Waals surface area contributed by atoms with E-state index in [0.29, 0.717) is 6.04 Å². The maximum atomic E-state index is 10.6. The molecule has 3 nitrogen and oxygen atoms in total. The second-order valence-corrected chi connectivity index (χ2v) is 5.48. The van der Waals surface area contributed by atoms with Crippen LogP contribution in [0.25, 0.3) is 0 Å². The highest BCUT2D eigenvalue weighted by Crippen LogP contribution is 2.34. The topological polar surface area (TPSA) is 40.5 Å². The molecule has 3 heteroatoms. The quantitative estimate of drug-likeness (QED) is 0.884. The minimum absolute atomic E-state index is 0.274. The van der Waals surface area contributed by atoms with Gasteiger partial charge in [0, 0.05) is 12.5 Å². The molecule has 1 aromatic carbocycles. The Labute approximate surface area is 115 Å². The smallest absolute Gasteiger partial charge is 0.303 e. The van der Waals surface area contributed by atoms with Crippen molar-refractivity contribution in [2.24, 2.45) is 0 Å². The van der Waals surface area contributed by atoms with Gasteiger partial charge in [0.1, 0.15) is 0 Å². The number of benzene rings is 1. The van der Waals surface area contributed by atoms with E-state index in [4.69, 9.17) is 5.11 Å². The van der Waals surface area contributed by atoms with Gasteiger partial charge in [-0.1, -0.05) is 18.2 Å². The Bertz CT molecular complexity index is 456. The van der Waals surface area contributed by atoms with Crippen LogP contribution in [0.4, 0.5) is 0 Å². The summed E-state index contributed by atoms with van der Waals surface area (Å²) in [4.78, 5) is 13.1. The SMILES string of the molecule is Cc1cccc([C@H]2CCCN2CCCC(=O)O)c1C. The molecule has 0 radical (unpaired) electrons. The van der Waals surface area contributed by atoms with Gasteiger partial charge in [0.2, 0.25) is 0 Å². The van der Waals surface area contributed by atoms with Gasteiger partial charge in [-0.3, -0.25) is 9.69 Å². The molecule has 0 spiro atoms. The molecular formula is C16H23NO2. The zero-order chi connectivity index (χ0) is 13.8. The predicted octanol–water partition coefficient (Wildman–Crippen LogP) is 3.31. The number of nitrogens with zero attached hydrogens (tertiary/aromatic N) is 1. The molecule has 0 aromatic heterocycles. The van der Waals surface area contributed by atoms with Crippen LogP contribution in [0.5, 0.6) is 0 Å². The lowest BCUT2D eigenvalue weighted by atomic mass is 9.96. The number of aliphatic carboxylic acids is 1. The van der Waals surface area contributed by atoms with Crippen LogP contribution in [0.15, 0.2) is 18.2 Å². The summed E-state index contributed by atoms with van der Waals surface area (Å²) < 4.78 is 0. The summed E-state index contributed by atoms with van der Waals surface area (Å²) in [7, 11) is 0. The molecule has 0 saturated carbocycles. The second-order valence-electron chi connectivity index (χ2n) is 5.48. The fourth-order valence-corrected chi connectivity index (χ4v) is 3.01. The van der Waals surface area contributed by atoms with E-state index in [1.165, 1.54) is 29.5 Å². The average Bonchev–Trinajstić information content (AvgIpc) is 2.80. The van der Waals surface area contributed by atoms with E-state index in [1.807, 2.05) is 0 Å². The standard InChI is InChI=1S/C16H23NO2/c1-12-6-3-7-14(13(12)2)15-8-4-10-17(15)11-5-9-16(18)19/h3,6-7,15H,4-5,8-11H2,1-2H3,(H,18,19)/t15-/m1/s1. The van der Waals surface area contributed by atoms with Crippen LogP contribution >= 0.6 is 0 Å². The first-order valence-electron chi connectivity index (χ1n) is 7.11. The van der Waals surface area contributed by atoms with Crippen molar-refractivity contribution in [2.45, 2.75) is 45.6 Å². The van der Waals surface area contributed by atoms with E-state index in [2.05, 4.69) is 36.9 Å². The third-order valence-electron chi connectivity index (χ3n) is 4.21. The average molecular weight is 261 g/mol. The second kappa shape index (κ2) is 6.20.